The molecule has 0 heterocycles. The van der Waals surface area contributed by atoms with Crippen molar-refractivity contribution in [2.45, 2.75) is 91.4 Å². The highest BCUT2D eigenvalue weighted by molar-refractivity contribution is 5.00. The summed E-state index contributed by atoms with van der Waals surface area (Å²) < 4.78 is 0. The zero-order chi connectivity index (χ0) is 14.2. The third-order valence-corrected chi connectivity index (χ3v) is 7.74. The number of rotatable bonds is 2. The summed E-state index contributed by atoms with van der Waals surface area (Å²) in [6.45, 7) is 7.49. The van der Waals surface area contributed by atoms with Crippen molar-refractivity contribution in [1.82, 2.24) is 0 Å². The first kappa shape index (κ1) is 14.9. The molecule has 4 aliphatic rings. The SMILES string of the molecule is CCC1CCCC(C2CCC(C)C3(C)CC2C3)CCC1. The van der Waals surface area contributed by atoms with E-state index in [0.717, 1.165) is 35.0 Å². The molecule has 20 heavy (non-hydrogen) atoms. The van der Waals surface area contributed by atoms with E-state index in [2.05, 4.69) is 20.8 Å². The van der Waals surface area contributed by atoms with Gasteiger partial charge >= 0.3 is 0 Å². The Bertz CT molecular complexity index is 302. The topological polar surface area (TPSA) is 0 Å². The summed E-state index contributed by atoms with van der Waals surface area (Å²) in [5.41, 5.74) is 0.730. The van der Waals surface area contributed by atoms with Crippen LogP contribution >= 0.6 is 0 Å². The highest BCUT2D eigenvalue weighted by atomic mass is 14.6. The second kappa shape index (κ2) is 6.01. The van der Waals surface area contributed by atoms with E-state index in [9.17, 15) is 0 Å². The van der Waals surface area contributed by atoms with Crippen LogP contribution in [0.15, 0.2) is 0 Å². The Hall–Kier alpha value is 0. The average molecular weight is 277 g/mol. The van der Waals surface area contributed by atoms with Crippen LogP contribution in [0.2, 0.25) is 0 Å². The second-order valence-electron chi connectivity index (χ2n) is 8.86. The molecule has 0 amide bonds. The average Bonchev–Trinajstić information content (AvgIpc) is 2.56. The Morgan fingerprint density at radius 1 is 0.850 bits per heavy atom. The monoisotopic (exact) mass is 276 g/mol. The lowest BCUT2D eigenvalue weighted by atomic mass is 9.55. The number of fused-ring (bicyclic) bond motifs is 3. The Labute approximate surface area is 127 Å². The fraction of sp³-hybridized carbons (Fsp3) is 1.00. The molecule has 2 unspecified atom stereocenters. The van der Waals surface area contributed by atoms with E-state index >= 15 is 0 Å². The number of hydrogen-bond donors (Lipinski definition) is 0. The molecule has 4 saturated carbocycles. The molecule has 4 aliphatic carbocycles. The van der Waals surface area contributed by atoms with Crippen molar-refractivity contribution in [2.75, 3.05) is 0 Å². The van der Waals surface area contributed by atoms with E-state index in [1.165, 1.54) is 38.5 Å². The van der Waals surface area contributed by atoms with Gasteiger partial charge in [0.15, 0.2) is 0 Å². The van der Waals surface area contributed by atoms with Crippen LogP contribution in [-0.4, -0.2) is 0 Å². The van der Waals surface area contributed by atoms with Gasteiger partial charge in [0.05, 0.1) is 0 Å². The van der Waals surface area contributed by atoms with Crippen LogP contribution in [0.5, 0.6) is 0 Å². The molecular formula is C20H36. The Balaban J connectivity index is 1.59. The summed E-state index contributed by atoms with van der Waals surface area (Å²) in [5, 5.41) is 0. The van der Waals surface area contributed by atoms with Gasteiger partial charge in [0, 0.05) is 0 Å². The van der Waals surface area contributed by atoms with Crippen molar-refractivity contribution in [1.29, 1.82) is 0 Å². The van der Waals surface area contributed by atoms with Gasteiger partial charge in [-0.3, -0.25) is 0 Å². The number of hydrogen-bond acceptors (Lipinski definition) is 0. The Morgan fingerprint density at radius 2 is 1.50 bits per heavy atom. The minimum atomic E-state index is 0.730. The summed E-state index contributed by atoms with van der Waals surface area (Å²) in [6, 6.07) is 0. The molecule has 0 aliphatic heterocycles. The molecule has 4 fully saturated rings. The van der Waals surface area contributed by atoms with Crippen molar-refractivity contribution in [3.8, 4) is 0 Å². The molecule has 0 nitrogen and oxygen atoms in total. The summed E-state index contributed by atoms with van der Waals surface area (Å²) in [4.78, 5) is 0. The van der Waals surface area contributed by atoms with Gasteiger partial charge in [-0.15, -0.1) is 0 Å². The molecule has 2 atom stereocenters. The first-order valence-corrected chi connectivity index (χ1v) is 9.62. The smallest absolute Gasteiger partial charge is 0.0295 e. The van der Waals surface area contributed by atoms with Gasteiger partial charge in [-0.1, -0.05) is 65.7 Å². The Kier molecular flexibility index (Phi) is 4.48. The molecule has 0 heteroatoms. The van der Waals surface area contributed by atoms with Gasteiger partial charge in [0.25, 0.3) is 0 Å². The molecule has 0 aromatic rings. The maximum Gasteiger partial charge on any atom is -0.0295 e. The summed E-state index contributed by atoms with van der Waals surface area (Å²) in [6.07, 6.45) is 16.8. The van der Waals surface area contributed by atoms with E-state index < -0.39 is 0 Å². The van der Waals surface area contributed by atoms with Gasteiger partial charge in [0.1, 0.15) is 0 Å². The molecule has 0 N–H and O–H groups in total. The summed E-state index contributed by atoms with van der Waals surface area (Å²) >= 11 is 0. The predicted octanol–water partition coefficient (Wildman–Crippen LogP) is 6.45. The molecule has 0 aromatic heterocycles. The van der Waals surface area contributed by atoms with Crippen LogP contribution in [0.3, 0.4) is 0 Å². The van der Waals surface area contributed by atoms with Crippen LogP contribution in [-0.2, 0) is 0 Å². The molecule has 0 radical (unpaired) electrons. The van der Waals surface area contributed by atoms with Gasteiger partial charge in [-0.2, -0.15) is 0 Å². The minimum Gasteiger partial charge on any atom is -0.0651 e. The van der Waals surface area contributed by atoms with Crippen LogP contribution in [0, 0.1) is 35.0 Å². The third kappa shape index (κ3) is 2.81. The standard InChI is InChI=1S/C20H36/c1-4-16-7-5-9-17(10-6-8-16)19-12-11-15(2)20(3)13-18(19)14-20/h15-19H,4-14H2,1-3H3. The maximum absolute atomic E-state index is 2.57. The zero-order valence-electron chi connectivity index (χ0n) is 14.2. The quantitative estimate of drug-likeness (QED) is 0.544. The summed E-state index contributed by atoms with van der Waals surface area (Å²) in [5.74, 6) is 5.34. The first-order chi connectivity index (χ1) is 9.62. The Morgan fingerprint density at radius 3 is 2.10 bits per heavy atom. The van der Waals surface area contributed by atoms with Gasteiger partial charge in [-0.25, -0.2) is 0 Å². The maximum atomic E-state index is 2.57. The van der Waals surface area contributed by atoms with Crippen molar-refractivity contribution in [2.24, 2.45) is 35.0 Å². The largest absolute Gasteiger partial charge is 0.0651 e. The molecule has 116 valence electrons. The van der Waals surface area contributed by atoms with Crippen molar-refractivity contribution in [3.63, 3.8) is 0 Å². The fourth-order valence-electron chi connectivity index (χ4n) is 5.95. The van der Waals surface area contributed by atoms with Crippen LogP contribution in [0.25, 0.3) is 0 Å². The van der Waals surface area contributed by atoms with Crippen molar-refractivity contribution < 1.29 is 0 Å². The normalized spacial score (nSPS) is 49.6. The molecule has 0 spiro atoms. The molecule has 2 bridgehead atoms. The van der Waals surface area contributed by atoms with E-state index in [1.54, 1.807) is 32.1 Å². The predicted molar refractivity (Wildman–Crippen MR) is 87.7 cm³/mol. The highest BCUT2D eigenvalue weighted by Gasteiger charge is 2.50. The fourth-order valence-corrected chi connectivity index (χ4v) is 5.95. The van der Waals surface area contributed by atoms with E-state index in [1.807, 2.05) is 0 Å². The van der Waals surface area contributed by atoms with Gasteiger partial charge in [-0.05, 0) is 60.7 Å². The molecule has 0 aromatic carbocycles. The van der Waals surface area contributed by atoms with Crippen LogP contribution < -0.4 is 0 Å². The lowest BCUT2D eigenvalue weighted by Crippen LogP contribution is -2.41. The summed E-state index contributed by atoms with van der Waals surface area (Å²) in [7, 11) is 0. The highest BCUT2D eigenvalue weighted by Crippen LogP contribution is 2.60. The van der Waals surface area contributed by atoms with Crippen molar-refractivity contribution in [3.05, 3.63) is 0 Å². The lowest BCUT2D eigenvalue weighted by molar-refractivity contribution is -0.00286. The van der Waals surface area contributed by atoms with E-state index in [-0.39, 0.29) is 0 Å². The molecule has 4 rings (SSSR count). The molecule has 0 saturated heterocycles. The van der Waals surface area contributed by atoms with Crippen LogP contribution in [0.4, 0.5) is 0 Å². The van der Waals surface area contributed by atoms with Crippen molar-refractivity contribution >= 4 is 0 Å². The second-order valence-corrected chi connectivity index (χ2v) is 8.86. The van der Waals surface area contributed by atoms with Crippen LogP contribution in [0.1, 0.15) is 91.4 Å². The molecular weight excluding hydrogens is 240 g/mol. The lowest BCUT2D eigenvalue weighted by Gasteiger charge is -2.50. The van der Waals surface area contributed by atoms with E-state index in [4.69, 9.17) is 0 Å². The van der Waals surface area contributed by atoms with Gasteiger partial charge < -0.3 is 0 Å². The minimum absolute atomic E-state index is 0.730. The van der Waals surface area contributed by atoms with E-state index in [0.29, 0.717) is 0 Å². The first-order valence-electron chi connectivity index (χ1n) is 9.62. The van der Waals surface area contributed by atoms with Gasteiger partial charge in [0.2, 0.25) is 0 Å². The zero-order valence-corrected chi connectivity index (χ0v) is 14.2. The third-order valence-electron chi connectivity index (χ3n) is 7.74.